The van der Waals surface area contributed by atoms with Crippen molar-refractivity contribution in [2.75, 3.05) is 7.11 Å². The Morgan fingerprint density at radius 1 is 1.46 bits per heavy atom. The van der Waals surface area contributed by atoms with Gasteiger partial charge in [-0.25, -0.2) is 4.79 Å². The van der Waals surface area contributed by atoms with Crippen molar-refractivity contribution < 1.29 is 14.3 Å². The summed E-state index contributed by atoms with van der Waals surface area (Å²) in [6.07, 6.45) is 4.66. The molecular weight excluding hydrogens is 168 g/mol. The number of ether oxygens (including phenoxy) is 2. The fourth-order valence-electron chi connectivity index (χ4n) is 2.42. The molecule has 1 aliphatic carbocycles. The third-order valence-corrected chi connectivity index (χ3v) is 3.42. The van der Waals surface area contributed by atoms with Crippen LogP contribution in [0.4, 0.5) is 0 Å². The van der Waals surface area contributed by atoms with Gasteiger partial charge < -0.3 is 9.47 Å². The Morgan fingerprint density at radius 3 is 2.62 bits per heavy atom. The topological polar surface area (TPSA) is 38.8 Å². The van der Waals surface area contributed by atoms with Crippen molar-refractivity contribution in [1.29, 1.82) is 0 Å². The van der Waals surface area contributed by atoms with Gasteiger partial charge in [0.1, 0.15) is 5.60 Å². The smallest absolute Gasteiger partial charge is 0.338 e. The summed E-state index contributed by atoms with van der Waals surface area (Å²) >= 11 is 0. The first-order valence-electron chi connectivity index (χ1n) is 4.94. The van der Waals surface area contributed by atoms with Gasteiger partial charge in [0.15, 0.2) is 6.10 Å². The molecule has 2 aliphatic rings. The molecule has 0 aromatic rings. The second-order valence-electron chi connectivity index (χ2n) is 4.19. The largest absolute Gasteiger partial charge is 0.467 e. The maximum absolute atomic E-state index is 11.2. The van der Waals surface area contributed by atoms with Crippen LogP contribution in [0.3, 0.4) is 0 Å². The Hall–Kier alpha value is -0.570. The molecule has 74 valence electrons. The van der Waals surface area contributed by atoms with Crippen LogP contribution in [0, 0.1) is 5.92 Å². The van der Waals surface area contributed by atoms with Crippen LogP contribution in [0.5, 0.6) is 0 Å². The number of esters is 1. The molecule has 3 heteroatoms. The number of rotatable bonds is 2. The molecule has 0 N–H and O–H groups in total. The Bertz CT molecular complexity index is 220. The highest BCUT2D eigenvalue weighted by Gasteiger charge is 2.62. The van der Waals surface area contributed by atoms with Crippen molar-refractivity contribution in [3.05, 3.63) is 0 Å². The predicted molar refractivity (Wildman–Crippen MR) is 47.3 cm³/mol. The SMILES string of the molecule is COC(=O)C1OC1(C)C1CCCC1. The van der Waals surface area contributed by atoms with Crippen LogP contribution in [0.15, 0.2) is 0 Å². The molecule has 1 aliphatic heterocycles. The Morgan fingerprint density at radius 2 is 2.08 bits per heavy atom. The minimum absolute atomic E-state index is 0.205. The molecule has 1 heterocycles. The van der Waals surface area contributed by atoms with Gasteiger partial charge in [0.05, 0.1) is 7.11 Å². The zero-order chi connectivity index (χ0) is 9.47. The van der Waals surface area contributed by atoms with Crippen molar-refractivity contribution in [3.8, 4) is 0 Å². The summed E-state index contributed by atoms with van der Waals surface area (Å²) in [5.74, 6) is 0.353. The van der Waals surface area contributed by atoms with Crippen LogP contribution < -0.4 is 0 Å². The van der Waals surface area contributed by atoms with E-state index in [1.165, 1.54) is 32.8 Å². The third kappa shape index (κ3) is 1.35. The third-order valence-electron chi connectivity index (χ3n) is 3.42. The van der Waals surface area contributed by atoms with Crippen molar-refractivity contribution >= 4 is 5.97 Å². The van der Waals surface area contributed by atoms with Gasteiger partial charge in [-0.2, -0.15) is 0 Å². The van der Waals surface area contributed by atoms with Gasteiger partial charge in [-0.15, -0.1) is 0 Å². The molecule has 2 unspecified atom stereocenters. The van der Waals surface area contributed by atoms with Crippen molar-refractivity contribution in [1.82, 2.24) is 0 Å². The summed E-state index contributed by atoms with van der Waals surface area (Å²) in [5, 5.41) is 0. The minimum Gasteiger partial charge on any atom is -0.467 e. The summed E-state index contributed by atoms with van der Waals surface area (Å²) in [7, 11) is 1.42. The summed E-state index contributed by atoms with van der Waals surface area (Å²) in [6, 6.07) is 0. The van der Waals surface area contributed by atoms with Crippen LogP contribution in [0.2, 0.25) is 0 Å². The summed E-state index contributed by atoms with van der Waals surface area (Å²) in [4.78, 5) is 11.2. The van der Waals surface area contributed by atoms with E-state index in [4.69, 9.17) is 4.74 Å². The maximum Gasteiger partial charge on any atom is 0.338 e. The van der Waals surface area contributed by atoms with E-state index in [1.54, 1.807) is 0 Å². The quantitative estimate of drug-likeness (QED) is 0.482. The average molecular weight is 184 g/mol. The van der Waals surface area contributed by atoms with E-state index < -0.39 is 0 Å². The summed E-state index contributed by atoms with van der Waals surface area (Å²) < 4.78 is 10.1. The van der Waals surface area contributed by atoms with Crippen LogP contribution >= 0.6 is 0 Å². The van der Waals surface area contributed by atoms with E-state index in [1.807, 2.05) is 6.92 Å². The van der Waals surface area contributed by atoms with Crippen LogP contribution in [-0.4, -0.2) is 24.8 Å². The van der Waals surface area contributed by atoms with E-state index in [-0.39, 0.29) is 17.7 Å². The minimum atomic E-state index is -0.291. The number of epoxide rings is 1. The molecule has 1 saturated heterocycles. The normalized spacial score (nSPS) is 39.1. The van der Waals surface area contributed by atoms with E-state index in [0.29, 0.717) is 5.92 Å². The second kappa shape index (κ2) is 2.98. The van der Waals surface area contributed by atoms with Gasteiger partial charge in [0.2, 0.25) is 0 Å². The molecule has 0 bridgehead atoms. The number of methoxy groups -OCH3 is 1. The van der Waals surface area contributed by atoms with Crippen LogP contribution in [-0.2, 0) is 14.3 Å². The van der Waals surface area contributed by atoms with Crippen molar-refractivity contribution in [3.63, 3.8) is 0 Å². The molecule has 3 nitrogen and oxygen atoms in total. The lowest BCUT2D eigenvalue weighted by atomic mass is 9.89. The number of hydrogen-bond acceptors (Lipinski definition) is 3. The Labute approximate surface area is 78.4 Å². The highest BCUT2D eigenvalue weighted by Crippen LogP contribution is 2.49. The molecule has 1 saturated carbocycles. The lowest BCUT2D eigenvalue weighted by Crippen LogP contribution is -2.25. The van der Waals surface area contributed by atoms with Gasteiger partial charge in [-0.05, 0) is 25.7 Å². The fraction of sp³-hybridized carbons (Fsp3) is 0.900. The molecule has 0 amide bonds. The summed E-state index contributed by atoms with van der Waals surface area (Å²) in [6.45, 7) is 2.03. The molecule has 0 spiro atoms. The number of hydrogen-bond donors (Lipinski definition) is 0. The van der Waals surface area contributed by atoms with Crippen molar-refractivity contribution in [2.24, 2.45) is 5.92 Å². The monoisotopic (exact) mass is 184 g/mol. The molecule has 0 aromatic carbocycles. The maximum atomic E-state index is 11.2. The number of carbonyl (C=O) groups is 1. The fourth-order valence-corrected chi connectivity index (χ4v) is 2.42. The van der Waals surface area contributed by atoms with Gasteiger partial charge >= 0.3 is 5.97 Å². The first kappa shape index (κ1) is 9.00. The second-order valence-corrected chi connectivity index (χ2v) is 4.19. The highest BCUT2D eigenvalue weighted by atomic mass is 16.7. The number of carbonyl (C=O) groups excluding carboxylic acids is 1. The van der Waals surface area contributed by atoms with E-state index in [0.717, 1.165) is 0 Å². The summed E-state index contributed by atoms with van der Waals surface area (Å²) in [5.41, 5.74) is -0.205. The van der Waals surface area contributed by atoms with Crippen molar-refractivity contribution in [2.45, 2.75) is 44.3 Å². The van der Waals surface area contributed by atoms with Gasteiger partial charge in [0.25, 0.3) is 0 Å². The van der Waals surface area contributed by atoms with Gasteiger partial charge in [0, 0.05) is 0 Å². The average Bonchev–Trinajstić information content (AvgIpc) is 2.64. The zero-order valence-electron chi connectivity index (χ0n) is 8.21. The molecule has 2 rings (SSSR count). The van der Waals surface area contributed by atoms with Crippen LogP contribution in [0.1, 0.15) is 32.6 Å². The highest BCUT2D eigenvalue weighted by molar-refractivity contribution is 5.79. The van der Waals surface area contributed by atoms with E-state index in [2.05, 4.69) is 4.74 Å². The predicted octanol–water partition coefficient (Wildman–Crippen LogP) is 1.51. The molecule has 0 aromatic heterocycles. The lowest BCUT2D eigenvalue weighted by molar-refractivity contribution is -0.142. The standard InChI is InChI=1S/C10H16O3/c1-10(7-5-3-4-6-7)8(13-10)9(11)12-2/h7-8H,3-6H2,1-2H3. The Kier molecular flexibility index (Phi) is 2.06. The Balaban J connectivity index is 1.97. The van der Waals surface area contributed by atoms with Gasteiger partial charge in [-0.3, -0.25) is 0 Å². The first-order valence-corrected chi connectivity index (χ1v) is 4.94. The first-order chi connectivity index (χ1) is 6.18. The van der Waals surface area contributed by atoms with Gasteiger partial charge in [-0.1, -0.05) is 12.8 Å². The molecule has 13 heavy (non-hydrogen) atoms. The molecular formula is C10H16O3. The zero-order valence-corrected chi connectivity index (χ0v) is 8.21. The molecule has 2 fully saturated rings. The van der Waals surface area contributed by atoms with Crippen LogP contribution in [0.25, 0.3) is 0 Å². The molecule has 2 atom stereocenters. The molecule has 0 radical (unpaired) electrons. The lowest BCUT2D eigenvalue weighted by Gasteiger charge is -2.13. The van der Waals surface area contributed by atoms with E-state index in [9.17, 15) is 4.79 Å². The van der Waals surface area contributed by atoms with E-state index >= 15 is 0 Å².